The first-order valence-electron chi connectivity index (χ1n) is 7.01. The van der Waals surface area contributed by atoms with Crippen LogP contribution in [0.2, 0.25) is 0 Å². The molecule has 25 heavy (non-hydrogen) atoms. The quantitative estimate of drug-likeness (QED) is 0.224. The molecule has 0 N–H and O–H groups in total. The lowest BCUT2D eigenvalue weighted by Crippen LogP contribution is -2.58. The minimum absolute atomic E-state index is 0.268. The van der Waals surface area contributed by atoms with E-state index in [0.29, 0.717) is 0 Å². The molecule has 2 aliphatic heterocycles. The predicted molar refractivity (Wildman–Crippen MR) is 83.8 cm³/mol. The molecule has 2 heterocycles. The third-order valence-corrected chi connectivity index (χ3v) is 3.89. The first-order chi connectivity index (χ1) is 11.6. The van der Waals surface area contributed by atoms with Crippen LogP contribution in [0.4, 0.5) is 0 Å². The van der Waals surface area contributed by atoms with Gasteiger partial charge >= 0.3 is 11.9 Å². The molecule has 0 aromatic carbocycles. The van der Waals surface area contributed by atoms with Crippen LogP contribution in [-0.4, -0.2) is 59.3 Å². The van der Waals surface area contributed by atoms with Crippen molar-refractivity contribution in [2.24, 2.45) is 5.11 Å². The van der Waals surface area contributed by atoms with E-state index >= 15 is 0 Å². The topological polar surface area (TPSA) is 129 Å². The lowest BCUT2D eigenvalue weighted by Gasteiger charge is -2.39. The van der Waals surface area contributed by atoms with E-state index in [1.807, 2.05) is 0 Å². The number of alkyl halides is 3. The van der Waals surface area contributed by atoms with Crippen molar-refractivity contribution in [1.29, 1.82) is 0 Å². The van der Waals surface area contributed by atoms with Crippen molar-refractivity contribution < 1.29 is 33.3 Å². The Bertz CT molecular complexity index is 581. The highest BCUT2D eigenvalue weighted by Gasteiger charge is 2.57. The van der Waals surface area contributed by atoms with Crippen LogP contribution in [0.3, 0.4) is 0 Å². The number of halogens is 3. The summed E-state index contributed by atoms with van der Waals surface area (Å²) >= 11 is 17.3. The molecule has 0 spiro atoms. The van der Waals surface area contributed by atoms with Gasteiger partial charge in [0.2, 0.25) is 10.1 Å². The van der Waals surface area contributed by atoms with Gasteiger partial charge < -0.3 is 23.7 Å². The van der Waals surface area contributed by atoms with Crippen molar-refractivity contribution in [3.63, 3.8) is 0 Å². The number of carbonyl (C=O) groups is 2. The summed E-state index contributed by atoms with van der Waals surface area (Å²) in [6, 6.07) is 0. The second-order valence-electron chi connectivity index (χ2n) is 5.22. The Labute approximate surface area is 157 Å². The second-order valence-corrected chi connectivity index (χ2v) is 7.59. The van der Waals surface area contributed by atoms with Gasteiger partial charge in [-0.25, -0.2) is 0 Å². The lowest BCUT2D eigenvalue weighted by molar-refractivity contribution is -0.214. The van der Waals surface area contributed by atoms with Crippen LogP contribution in [-0.2, 0) is 33.3 Å². The van der Waals surface area contributed by atoms with Crippen LogP contribution in [0.5, 0.6) is 0 Å². The molecule has 2 fully saturated rings. The average molecular weight is 419 g/mol. The number of hydrogen-bond donors (Lipinski definition) is 0. The normalized spacial score (nSPS) is 34.6. The van der Waals surface area contributed by atoms with Gasteiger partial charge in [-0.05, 0) is 5.53 Å². The molecule has 0 aromatic rings. The van der Waals surface area contributed by atoms with E-state index < -0.39 is 52.7 Å². The maximum absolute atomic E-state index is 11.4. The molecular weight excluding hydrogens is 405 g/mol. The van der Waals surface area contributed by atoms with Gasteiger partial charge in [-0.15, -0.1) is 0 Å². The number of nitrogens with zero attached hydrogens (tertiary/aromatic N) is 3. The average Bonchev–Trinajstić information content (AvgIpc) is 2.93. The Balaban J connectivity index is 2.29. The van der Waals surface area contributed by atoms with Crippen molar-refractivity contribution in [2.75, 3.05) is 6.61 Å². The molecule has 2 saturated heterocycles. The van der Waals surface area contributed by atoms with E-state index in [1.54, 1.807) is 0 Å². The van der Waals surface area contributed by atoms with Crippen LogP contribution in [0.1, 0.15) is 13.8 Å². The molecular formula is C12H14Cl3N3O7. The zero-order valence-corrected chi connectivity index (χ0v) is 15.3. The highest BCUT2D eigenvalue weighted by molar-refractivity contribution is 6.67. The number of azide groups is 1. The predicted octanol–water partition coefficient (Wildman–Crippen LogP) is 2.00. The van der Waals surface area contributed by atoms with E-state index in [-0.39, 0.29) is 6.61 Å². The maximum atomic E-state index is 11.4. The Morgan fingerprint density at radius 2 is 1.80 bits per heavy atom. The summed E-state index contributed by atoms with van der Waals surface area (Å²) < 4.78 is 24.8. The number of ether oxygens (including phenoxy) is 5. The van der Waals surface area contributed by atoms with E-state index in [1.165, 1.54) is 13.8 Å². The molecule has 0 amide bonds. The number of esters is 2. The third kappa shape index (κ3) is 5.01. The van der Waals surface area contributed by atoms with Gasteiger partial charge in [0.05, 0.1) is 0 Å². The number of rotatable bonds is 4. The first-order valence-corrected chi connectivity index (χ1v) is 8.14. The summed E-state index contributed by atoms with van der Waals surface area (Å²) in [6.45, 7) is 2.11. The van der Waals surface area contributed by atoms with Gasteiger partial charge in [0, 0.05) is 18.8 Å². The van der Waals surface area contributed by atoms with E-state index in [9.17, 15) is 9.59 Å². The van der Waals surface area contributed by atoms with Gasteiger partial charge in [-0.2, -0.15) is 0 Å². The van der Waals surface area contributed by atoms with Gasteiger partial charge in [0.25, 0.3) is 0 Å². The Kier molecular flexibility index (Phi) is 6.61. The van der Waals surface area contributed by atoms with E-state index in [4.69, 9.17) is 64.0 Å². The summed E-state index contributed by atoms with van der Waals surface area (Å²) in [7, 11) is 0. The van der Waals surface area contributed by atoms with Crippen molar-refractivity contribution >= 4 is 46.7 Å². The Hall–Kier alpha value is -1.00. The molecule has 0 saturated carbocycles. The lowest BCUT2D eigenvalue weighted by atomic mass is 9.98. The molecule has 0 aromatic heterocycles. The molecule has 0 radical (unpaired) electrons. The van der Waals surface area contributed by atoms with E-state index in [0.717, 1.165) is 0 Å². The van der Waals surface area contributed by atoms with Crippen LogP contribution in [0.15, 0.2) is 5.11 Å². The summed E-state index contributed by atoms with van der Waals surface area (Å²) in [5.74, 6) is -1.21. The van der Waals surface area contributed by atoms with E-state index in [2.05, 4.69) is 10.0 Å². The first kappa shape index (κ1) is 20.3. The smallest absolute Gasteiger partial charge is 0.303 e. The molecule has 2 rings (SSSR count). The largest absolute Gasteiger partial charge is 0.463 e. The summed E-state index contributed by atoms with van der Waals surface area (Å²) in [5.41, 5.74) is 8.71. The Morgan fingerprint density at radius 3 is 2.32 bits per heavy atom. The standard InChI is InChI=1S/C12H14Cl3N3O7/c1-4(19)21-3-6-7(22-5(2)20)8-9(10(23-6)17-18-16)25-11(24-8)12(13,14)15/h6-11H,3H2,1-2H3/t6-,7+,8-,9-,10-,11?/m1/s1. The maximum Gasteiger partial charge on any atom is 0.303 e. The van der Waals surface area contributed by atoms with Crippen molar-refractivity contribution in [3.05, 3.63) is 10.4 Å². The molecule has 0 bridgehead atoms. The monoisotopic (exact) mass is 417 g/mol. The number of hydrogen-bond acceptors (Lipinski definition) is 8. The molecule has 140 valence electrons. The molecule has 13 heteroatoms. The fourth-order valence-electron chi connectivity index (χ4n) is 2.48. The molecule has 2 aliphatic rings. The van der Waals surface area contributed by atoms with Crippen molar-refractivity contribution in [2.45, 2.75) is 54.6 Å². The van der Waals surface area contributed by atoms with Gasteiger partial charge in [0.1, 0.15) is 24.9 Å². The highest BCUT2D eigenvalue weighted by Crippen LogP contribution is 2.43. The fourth-order valence-corrected chi connectivity index (χ4v) is 2.79. The molecule has 6 atom stereocenters. The summed E-state index contributed by atoms with van der Waals surface area (Å²) in [4.78, 5) is 25.2. The van der Waals surface area contributed by atoms with Crippen LogP contribution in [0, 0.1) is 0 Å². The summed E-state index contributed by atoms with van der Waals surface area (Å²) in [6.07, 6.45) is -6.44. The zero-order chi connectivity index (χ0) is 18.8. The SMILES string of the molecule is CC(=O)OC[C@H]1O[C@@H](N=[N+]=[N-])[C@@H]2OC(C(Cl)(Cl)Cl)O[C@@H]2[C@H]1OC(C)=O. The second kappa shape index (κ2) is 8.13. The molecule has 1 unspecified atom stereocenters. The minimum Gasteiger partial charge on any atom is -0.463 e. The van der Waals surface area contributed by atoms with Crippen molar-refractivity contribution in [3.8, 4) is 0 Å². The number of carbonyl (C=O) groups excluding carboxylic acids is 2. The van der Waals surface area contributed by atoms with Gasteiger partial charge in [-0.1, -0.05) is 39.9 Å². The third-order valence-electron chi connectivity index (χ3n) is 3.36. The summed E-state index contributed by atoms with van der Waals surface area (Å²) in [5, 5.41) is 3.48. The fraction of sp³-hybridized carbons (Fsp3) is 0.833. The molecule has 0 aliphatic carbocycles. The highest BCUT2D eigenvalue weighted by atomic mass is 35.6. The minimum atomic E-state index is -1.94. The van der Waals surface area contributed by atoms with Gasteiger partial charge in [0.15, 0.2) is 12.3 Å². The van der Waals surface area contributed by atoms with Crippen LogP contribution >= 0.6 is 34.8 Å². The molecule has 10 nitrogen and oxygen atoms in total. The van der Waals surface area contributed by atoms with Gasteiger partial charge in [-0.3, -0.25) is 9.59 Å². The number of fused-ring (bicyclic) bond motifs is 1. The zero-order valence-electron chi connectivity index (χ0n) is 13.0. The van der Waals surface area contributed by atoms with Crippen LogP contribution in [0.25, 0.3) is 10.4 Å². The Morgan fingerprint density at radius 1 is 1.16 bits per heavy atom. The van der Waals surface area contributed by atoms with Crippen LogP contribution < -0.4 is 0 Å². The van der Waals surface area contributed by atoms with Crippen molar-refractivity contribution in [1.82, 2.24) is 0 Å².